The number of hydrogen-bond acceptors (Lipinski definition) is 4. The third-order valence-corrected chi connectivity index (χ3v) is 7.62. The molecule has 0 spiro atoms. The van der Waals surface area contributed by atoms with Crippen LogP contribution in [-0.2, 0) is 21.1 Å². The highest BCUT2D eigenvalue weighted by Gasteiger charge is 2.52. The summed E-state index contributed by atoms with van der Waals surface area (Å²) in [7, 11) is -3.80. The van der Waals surface area contributed by atoms with Gasteiger partial charge in [-0.1, -0.05) is 30.5 Å². The highest BCUT2D eigenvalue weighted by atomic mass is 35.5. The average molecular weight is 393 g/mol. The van der Waals surface area contributed by atoms with Crippen LogP contribution >= 0.6 is 11.6 Å². The molecule has 1 saturated carbocycles. The summed E-state index contributed by atoms with van der Waals surface area (Å²) in [6.07, 6.45) is 4.38. The quantitative estimate of drug-likeness (QED) is 0.819. The second-order valence-corrected chi connectivity index (χ2v) is 9.18. The molecule has 1 fully saturated rings. The molecule has 0 aliphatic heterocycles. The van der Waals surface area contributed by atoms with Gasteiger partial charge >= 0.3 is 0 Å². The minimum Gasteiger partial charge on any atom is -0.354 e. The van der Waals surface area contributed by atoms with Crippen molar-refractivity contribution in [1.82, 2.24) is 10.3 Å². The summed E-state index contributed by atoms with van der Waals surface area (Å²) >= 11 is 5.87. The zero-order chi connectivity index (χ0) is 18.6. The van der Waals surface area contributed by atoms with Crippen LogP contribution in [0.25, 0.3) is 0 Å². The number of benzene rings is 1. The lowest BCUT2D eigenvalue weighted by atomic mass is 10.1. The molecule has 7 heteroatoms. The topological polar surface area (TPSA) is 76.1 Å². The number of nitrogens with one attached hydrogen (secondary N) is 1. The summed E-state index contributed by atoms with van der Waals surface area (Å²) < 4.78 is 25.1. The molecule has 1 aromatic heterocycles. The first-order valence-electron chi connectivity index (χ1n) is 8.64. The number of carbonyl (C=O) groups is 1. The fourth-order valence-electron chi connectivity index (χ4n) is 3.41. The van der Waals surface area contributed by atoms with Gasteiger partial charge < -0.3 is 5.32 Å². The van der Waals surface area contributed by atoms with Crippen molar-refractivity contribution < 1.29 is 13.2 Å². The normalized spacial score (nSPS) is 16.3. The first kappa shape index (κ1) is 18.9. The van der Waals surface area contributed by atoms with E-state index in [1.165, 1.54) is 24.3 Å². The van der Waals surface area contributed by atoms with E-state index in [2.05, 4.69) is 10.3 Å². The third kappa shape index (κ3) is 3.62. The molecule has 1 amide bonds. The number of amides is 1. The zero-order valence-corrected chi connectivity index (χ0v) is 15.9. The van der Waals surface area contributed by atoms with Gasteiger partial charge in [0.15, 0.2) is 14.6 Å². The third-order valence-electron chi connectivity index (χ3n) is 4.86. The molecular formula is C19H21ClN2O3S. The van der Waals surface area contributed by atoms with Crippen LogP contribution in [0.15, 0.2) is 53.6 Å². The van der Waals surface area contributed by atoms with Gasteiger partial charge in [-0.15, -0.1) is 0 Å². The van der Waals surface area contributed by atoms with Gasteiger partial charge in [-0.25, -0.2) is 8.42 Å². The number of halogens is 1. The van der Waals surface area contributed by atoms with Crippen molar-refractivity contribution in [3.63, 3.8) is 0 Å². The van der Waals surface area contributed by atoms with Crippen LogP contribution in [0.3, 0.4) is 0 Å². The number of rotatable bonds is 6. The Morgan fingerprint density at radius 2 is 1.81 bits per heavy atom. The Labute approximate surface area is 158 Å². The van der Waals surface area contributed by atoms with Gasteiger partial charge in [0, 0.05) is 29.9 Å². The van der Waals surface area contributed by atoms with Crippen LogP contribution in [0, 0.1) is 0 Å². The summed E-state index contributed by atoms with van der Waals surface area (Å²) in [6, 6.07) is 11.6. The van der Waals surface area contributed by atoms with Crippen molar-refractivity contribution in [2.75, 3.05) is 6.54 Å². The Bertz CT molecular complexity index is 861. The molecule has 1 heterocycles. The van der Waals surface area contributed by atoms with Gasteiger partial charge in [0.2, 0.25) is 5.91 Å². The SMILES string of the molecule is O=C(NCCc1ccccn1)C1(S(=O)(=O)c2ccc(Cl)cc2)CCCC1. The highest BCUT2D eigenvalue weighted by Crippen LogP contribution is 2.41. The monoisotopic (exact) mass is 392 g/mol. The van der Waals surface area contributed by atoms with Crippen molar-refractivity contribution in [3.05, 3.63) is 59.4 Å². The number of carbonyl (C=O) groups excluding carboxylic acids is 1. The van der Waals surface area contributed by atoms with Crippen molar-refractivity contribution >= 4 is 27.3 Å². The van der Waals surface area contributed by atoms with Crippen LogP contribution in [0.4, 0.5) is 0 Å². The molecule has 0 atom stereocenters. The number of pyridine rings is 1. The molecule has 0 saturated heterocycles. The van der Waals surface area contributed by atoms with E-state index in [-0.39, 0.29) is 4.90 Å². The molecule has 2 aromatic rings. The molecule has 1 aliphatic carbocycles. The minimum atomic E-state index is -3.80. The number of hydrogen-bond donors (Lipinski definition) is 1. The van der Waals surface area contributed by atoms with Gasteiger partial charge in [0.1, 0.15) is 0 Å². The molecule has 138 valence electrons. The van der Waals surface area contributed by atoms with E-state index >= 15 is 0 Å². The van der Waals surface area contributed by atoms with Gasteiger partial charge in [-0.05, 0) is 49.2 Å². The van der Waals surface area contributed by atoms with Crippen LogP contribution < -0.4 is 5.32 Å². The Morgan fingerprint density at radius 3 is 2.42 bits per heavy atom. The predicted octanol–water partition coefficient (Wildman–Crippen LogP) is 3.18. The van der Waals surface area contributed by atoms with Crippen molar-refractivity contribution in [3.8, 4) is 0 Å². The number of aromatic nitrogens is 1. The van der Waals surface area contributed by atoms with Crippen LogP contribution in [0.2, 0.25) is 5.02 Å². The maximum atomic E-state index is 13.2. The Hall–Kier alpha value is -1.92. The molecule has 0 radical (unpaired) electrons. The molecule has 1 aromatic carbocycles. The van der Waals surface area contributed by atoms with Gasteiger partial charge in [0.25, 0.3) is 0 Å². The van der Waals surface area contributed by atoms with E-state index in [1.807, 2.05) is 18.2 Å². The summed E-state index contributed by atoms with van der Waals surface area (Å²) in [5.41, 5.74) is 0.855. The molecule has 0 unspecified atom stereocenters. The standard InChI is InChI=1S/C19H21ClN2O3S/c20-15-6-8-17(9-7-15)26(24,25)19(11-2-3-12-19)18(23)22-14-10-16-5-1-4-13-21-16/h1,4-9,13H,2-3,10-12,14H2,(H,22,23). The number of nitrogens with zero attached hydrogens (tertiary/aromatic N) is 1. The van der Waals surface area contributed by atoms with Crippen molar-refractivity contribution in [2.45, 2.75) is 41.7 Å². The fourth-order valence-corrected chi connectivity index (χ4v) is 5.63. The van der Waals surface area contributed by atoms with E-state index in [4.69, 9.17) is 11.6 Å². The molecule has 26 heavy (non-hydrogen) atoms. The van der Waals surface area contributed by atoms with Crippen molar-refractivity contribution in [2.24, 2.45) is 0 Å². The van der Waals surface area contributed by atoms with Crippen LogP contribution in [0.1, 0.15) is 31.4 Å². The van der Waals surface area contributed by atoms with E-state index in [0.717, 1.165) is 18.5 Å². The summed E-state index contributed by atoms with van der Waals surface area (Å²) in [5.74, 6) is -0.416. The van der Waals surface area contributed by atoms with E-state index in [1.54, 1.807) is 6.20 Å². The maximum absolute atomic E-state index is 13.2. The Kier molecular flexibility index (Phi) is 5.63. The summed E-state index contributed by atoms with van der Waals surface area (Å²) in [4.78, 5) is 17.3. The number of sulfone groups is 1. The summed E-state index contributed by atoms with van der Waals surface area (Å²) in [5, 5.41) is 3.28. The Balaban J connectivity index is 1.78. The first-order valence-corrected chi connectivity index (χ1v) is 10.5. The lowest BCUT2D eigenvalue weighted by molar-refractivity contribution is -0.123. The van der Waals surface area contributed by atoms with Crippen LogP contribution in [-0.4, -0.2) is 30.6 Å². The van der Waals surface area contributed by atoms with Crippen LogP contribution in [0.5, 0.6) is 0 Å². The summed E-state index contributed by atoms with van der Waals surface area (Å²) in [6.45, 7) is 0.355. The van der Waals surface area contributed by atoms with E-state index < -0.39 is 20.5 Å². The van der Waals surface area contributed by atoms with Crippen molar-refractivity contribution in [1.29, 1.82) is 0 Å². The van der Waals surface area contributed by atoms with Gasteiger partial charge in [-0.2, -0.15) is 0 Å². The van der Waals surface area contributed by atoms with Gasteiger partial charge in [-0.3, -0.25) is 9.78 Å². The van der Waals surface area contributed by atoms with Gasteiger partial charge in [0.05, 0.1) is 4.90 Å². The highest BCUT2D eigenvalue weighted by molar-refractivity contribution is 7.93. The molecular weight excluding hydrogens is 372 g/mol. The first-order chi connectivity index (χ1) is 12.5. The molecule has 5 nitrogen and oxygen atoms in total. The second-order valence-electron chi connectivity index (χ2n) is 6.49. The molecule has 0 bridgehead atoms. The largest absolute Gasteiger partial charge is 0.354 e. The molecule has 1 N–H and O–H groups in total. The zero-order valence-electron chi connectivity index (χ0n) is 14.3. The second kappa shape index (κ2) is 7.76. The smallest absolute Gasteiger partial charge is 0.241 e. The predicted molar refractivity (Wildman–Crippen MR) is 101 cm³/mol. The maximum Gasteiger partial charge on any atom is 0.241 e. The Morgan fingerprint density at radius 1 is 1.12 bits per heavy atom. The molecule has 3 rings (SSSR count). The molecule has 1 aliphatic rings. The lowest BCUT2D eigenvalue weighted by Crippen LogP contribution is -2.51. The van der Waals surface area contributed by atoms with E-state index in [9.17, 15) is 13.2 Å². The fraction of sp³-hybridized carbons (Fsp3) is 0.368. The minimum absolute atomic E-state index is 0.142. The van der Waals surface area contributed by atoms with E-state index in [0.29, 0.717) is 30.8 Å². The lowest BCUT2D eigenvalue weighted by Gasteiger charge is -2.27. The average Bonchev–Trinajstić information content (AvgIpc) is 3.15.